The van der Waals surface area contributed by atoms with E-state index in [2.05, 4.69) is 17.4 Å². The Morgan fingerprint density at radius 2 is 1.85 bits per heavy atom. The Hall–Kier alpha value is -1.91. The molecular weight excluding hydrogens is 336 g/mol. The first-order valence-electron chi connectivity index (χ1n) is 10.2. The fourth-order valence-corrected chi connectivity index (χ4v) is 5.01. The van der Waals surface area contributed by atoms with E-state index >= 15 is 0 Å². The van der Waals surface area contributed by atoms with Gasteiger partial charge in [0.25, 0.3) is 0 Å². The fraction of sp³-hybridized carbons (Fsp3) is 0.522. The number of phenolic OH excluding ortho intramolecular Hbond substituents is 1. The van der Waals surface area contributed by atoms with Gasteiger partial charge < -0.3 is 15.2 Å². The summed E-state index contributed by atoms with van der Waals surface area (Å²) in [6.45, 7) is 2.42. The van der Waals surface area contributed by atoms with Crippen LogP contribution in [0.15, 0.2) is 48.7 Å². The first-order valence-corrected chi connectivity index (χ1v) is 10.2. The lowest BCUT2D eigenvalue weighted by molar-refractivity contribution is -0.104. The summed E-state index contributed by atoms with van der Waals surface area (Å²) < 4.78 is 6.31. The van der Waals surface area contributed by atoms with Crippen LogP contribution in [0.3, 0.4) is 0 Å². The SMILES string of the molecule is Oc1ccccc1CNCC[C@@]1(c2ccccn2)CCOC2(CCCC2)C1. The number of benzene rings is 1. The van der Waals surface area contributed by atoms with Crippen molar-refractivity contribution in [3.05, 3.63) is 59.9 Å². The topological polar surface area (TPSA) is 54.4 Å². The fourth-order valence-electron chi connectivity index (χ4n) is 5.01. The maximum absolute atomic E-state index is 9.96. The van der Waals surface area contributed by atoms with Crippen molar-refractivity contribution in [3.8, 4) is 5.75 Å². The molecule has 2 N–H and O–H groups in total. The molecule has 1 aromatic heterocycles. The largest absolute Gasteiger partial charge is 0.508 e. The number of rotatable bonds is 6. The number of nitrogens with zero attached hydrogens (tertiary/aromatic N) is 1. The van der Waals surface area contributed by atoms with Gasteiger partial charge in [-0.05, 0) is 56.8 Å². The van der Waals surface area contributed by atoms with Gasteiger partial charge in [0.2, 0.25) is 0 Å². The van der Waals surface area contributed by atoms with Gasteiger partial charge in [-0.1, -0.05) is 37.1 Å². The quantitative estimate of drug-likeness (QED) is 0.747. The maximum atomic E-state index is 9.96. The number of ether oxygens (including phenoxy) is 1. The number of para-hydroxylation sites is 1. The van der Waals surface area contributed by atoms with Crippen LogP contribution in [0.1, 0.15) is 56.2 Å². The molecule has 2 heterocycles. The van der Waals surface area contributed by atoms with Gasteiger partial charge in [0, 0.05) is 36.0 Å². The average molecular weight is 367 g/mol. The van der Waals surface area contributed by atoms with Gasteiger partial charge in [-0.15, -0.1) is 0 Å². The summed E-state index contributed by atoms with van der Waals surface area (Å²) >= 11 is 0. The van der Waals surface area contributed by atoms with Crippen LogP contribution in [0.25, 0.3) is 0 Å². The average Bonchev–Trinajstić information content (AvgIpc) is 3.14. The van der Waals surface area contributed by atoms with E-state index in [-0.39, 0.29) is 11.0 Å². The molecule has 0 bridgehead atoms. The third kappa shape index (κ3) is 4.02. The van der Waals surface area contributed by atoms with Crippen molar-refractivity contribution in [3.63, 3.8) is 0 Å². The Morgan fingerprint density at radius 3 is 2.63 bits per heavy atom. The summed E-state index contributed by atoms with van der Waals surface area (Å²) in [7, 11) is 0. The number of aromatic hydroxyl groups is 1. The van der Waals surface area contributed by atoms with Crippen molar-refractivity contribution in [2.24, 2.45) is 0 Å². The van der Waals surface area contributed by atoms with Crippen molar-refractivity contribution < 1.29 is 9.84 Å². The third-order valence-electron chi connectivity index (χ3n) is 6.46. The summed E-state index contributed by atoms with van der Waals surface area (Å²) in [6.07, 6.45) is 10.0. The molecular formula is C23H30N2O2. The second kappa shape index (κ2) is 7.99. The van der Waals surface area contributed by atoms with Gasteiger partial charge in [-0.25, -0.2) is 0 Å². The Balaban J connectivity index is 1.46. The molecule has 0 unspecified atom stereocenters. The smallest absolute Gasteiger partial charge is 0.120 e. The first kappa shape index (κ1) is 18.5. The van der Waals surface area contributed by atoms with Crippen molar-refractivity contribution in [1.29, 1.82) is 0 Å². The minimum absolute atomic E-state index is 0.0630. The number of hydrogen-bond donors (Lipinski definition) is 2. The van der Waals surface area contributed by atoms with Gasteiger partial charge >= 0.3 is 0 Å². The summed E-state index contributed by atoms with van der Waals surface area (Å²) in [5.41, 5.74) is 2.30. The lowest BCUT2D eigenvalue weighted by Crippen LogP contribution is -2.47. The molecule has 1 aliphatic carbocycles. The van der Waals surface area contributed by atoms with Crippen LogP contribution in [0.2, 0.25) is 0 Å². The van der Waals surface area contributed by atoms with E-state index in [0.29, 0.717) is 12.3 Å². The summed E-state index contributed by atoms with van der Waals surface area (Å²) in [4.78, 5) is 4.76. The Labute approximate surface area is 162 Å². The Morgan fingerprint density at radius 1 is 1.04 bits per heavy atom. The van der Waals surface area contributed by atoms with E-state index in [1.165, 1.54) is 31.4 Å². The van der Waals surface area contributed by atoms with Crippen LogP contribution >= 0.6 is 0 Å². The number of pyridine rings is 1. The minimum Gasteiger partial charge on any atom is -0.508 e. The van der Waals surface area contributed by atoms with Crippen molar-refractivity contribution >= 4 is 0 Å². The Kier molecular flexibility index (Phi) is 5.46. The highest BCUT2D eigenvalue weighted by Crippen LogP contribution is 2.49. The first-order chi connectivity index (χ1) is 13.2. The van der Waals surface area contributed by atoms with Crippen LogP contribution in [0, 0.1) is 0 Å². The zero-order valence-corrected chi connectivity index (χ0v) is 16.0. The highest BCUT2D eigenvalue weighted by Gasteiger charge is 2.48. The standard InChI is InChI=1S/C23H30N2O2/c26-20-8-2-1-7-19(20)17-24-15-12-22(21-9-3-6-14-25-21)13-16-27-23(18-22)10-4-5-11-23/h1-3,6-9,14,24,26H,4-5,10-13,15-18H2/t22-/m1/s1. The zero-order valence-electron chi connectivity index (χ0n) is 16.0. The van der Waals surface area contributed by atoms with E-state index in [4.69, 9.17) is 9.72 Å². The Bertz CT molecular complexity index is 743. The second-order valence-corrected chi connectivity index (χ2v) is 8.22. The predicted molar refractivity (Wildman–Crippen MR) is 107 cm³/mol. The van der Waals surface area contributed by atoms with E-state index in [0.717, 1.165) is 38.0 Å². The molecule has 4 nitrogen and oxygen atoms in total. The van der Waals surface area contributed by atoms with Gasteiger partial charge in [-0.2, -0.15) is 0 Å². The van der Waals surface area contributed by atoms with Gasteiger partial charge in [0.1, 0.15) is 5.75 Å². The monoisotopic (exact) mass is 366 g/mol. The molecule has 1 spiro atoms. The second-order valence-electron chi connectivity index (χ2n) is 8.22. The molecule has 1 aliphatic heterocycles. The van der Waals surface area contributed by atoms with Crippen LogP contribution in [0.5, 0.6) is 5.75 Å². The molecule has 1 saturated carbocycles. The van der Waals surface area contributed by atoms with Crippen LogP contribution in [-0.2, 0) is 16.7 Å². The molecule has 4 rings (SSSR count). The van der Waals surface area contributed by atoms with Gasteiger partial charge in [0.05, 0.1) is 5.60 Å². The zero-order chi connectivity index (χ0) is 18.6. The molecule has 2 fully saturated rings. The van der Waals surface area contributed by atoms with Crippen molar-refractivity contribution in [1.82, 2.24) is 10.3 Å². The van der Waals surface area contributed by atoms with E-state index in [9.17, 15) is 5.11 Å². The highest BCUT2D eigenvalue weighted by atomic mass is 16.5. The van der Waals surface area contributed by atoms with E-state index in [1.54, 1.807) is 6.07 Å². The molecule has 27 heavy (non-hydrogen) atoms. The van der Waals surface area contributed by atoms with Crippen molar-refractivity contribution in [2.45, 2.75) is 62.5 Å². The minimum atomic E-state index is 0.0630. The number of hydrogen-bond acceptors (Lipinski definition) is 4. The summed E-state index contributed by atoms with van der Waals surface area (Å²) in [5.74, 6) is 0.361. The molecule has 1 saturated heterocycles. The normalized spacial score (nSPS) is 24.3. The summed E-state index contributed by atoms with van der Waals surface area (Å²) in [6, 6.07) is 13.8. The molecule has 1 atom stereocenters. The predicted octanol–water partition coefficient (Wildman–Crippen LogP) is 4.33. The lowest BCUT2D eigenvalue weighted by atomic mass is 9.68. The van der Waals surface area contributed by atoms with E-state index in [1.807, 2.05) is 30.5 Å². The summed E-state index contributed by atoms with van der Waals surface area (Å²) in [5, 5.41) is 13.5. The van der Waals surface area contributed by atoms with Crippen molar-refractivity contribution in [2.75, 3.05) is 13.2 Å². The molecule has 4 heteroatoms. The van der Waals surface area contributed by atoms with Crippen LogP contribution < -0.4 is 5.32 Å². The highest BCUT2D eigenvalue weighted by molar-refractivity contribution is 5.31. The lowest BCUT2D eigenvalue weighted by Gasteiger charge is -2.46. The molecule has 2 aliphatic rings. The molecule has 0 amide bonds. The molecule has 2 aromatic rings. The van der Waals surface area contributed by atoms with Crippen LogP contribution in [-0.4, -0.2) is 28.8 Å². The number of phenols is 1. The molecule has 1 aromatic carbocycles. The number of nitrogens with one attached hydrogen (secondary N) is 1. The van der Waals surface area contributed by atoms with Crippen LogP contribution in [0.4, 0.5) is 0 Å². The third-order valence-corrected chi connectivity index (χ3v) is 6.46. The molecule has 0 radical (unpaired) electrons. The van der Waals surface area contributed by atoms with Gasteiger partial charge in [-0.3, -0.25) is 4.98 Å². The van der Waals surface area contributed by atoms with Gasteiger partial charge in [0.15, 0.2) is 0 Å². The maximum Gasteiger partial charge on any atom is 0.120 e. The van der Waals surface area contributed by atoms with E-state index < -0.39 is 0 Å². The molecule has 144 valence electrons. The number of aromatic nitrogens is 1.